The van der Waals surface area contributed by atoms with Gasteiger partial charge in [-0.15, -0.1) is 0 Å². The van der Waals surface area contributed by atoms with Gasteiger partial charge >= 0.3 is 0 Å². The van der Waals surface area contributed by atoms with Crippen LogP contribution in [-0.4, -0.2) is 31.9 Å². The van der Waals surface area contributed by atoms with Crippen molar-refractivity contribution in [3.05, 3.63) is 47.3 Å². The maximum absolute atomic E-state index is 12.3. The number of nitrogens with zero attached hydrogens (tertiary/aromatic N) is 2. The summed E-state index contributed by atoms with van der Waals surface area (Å²) in [7, 11) is -1.91. The molecule has 0 atom stereocenters. The third-order valence-electron chi connectivity index (χ3n) is 3.46. The van der Waals surface area contributed by atoms with Gasteiger partial charge in [-0.3, -0.25) is 4.68 Å². The maximum Gasteiger partial charge on any atom is 0.240 e. The van der Waals surface area contributed by atoms with Crippen LogP contribution in [0, 0.1) is 13.8 Å². The van der Waals surface area contributed by atoms with Gasteiger partial charge in [0.15, 0.2) is 0 Å². The highest BCUT2D eigenvalue weighted by Crippen LogP contribution is 2.12. The van der Waals surface area contributed by atoms with E-state index in [1.165, 1.54) is 0 Å². The molecule has 1 heterocycles. The van der Waals surface area contributed by atoms with E-state index in [4.69, 9.17) is 4.74 Å². The highest BCUT2D eigenvalue weighted by Gasteiger charge is 2.13. The van der Waals surface area contributed by atoms with Gasteiger partial charge in [0.2, 0.25) is 10.0 Å². The second-order valence-corrected chi connectivity index (χ2v) is 7.25. The zero-order valence-electron chi connectivity index (χ0n) is 13.7. The number of ether oxygens (including phenoxy) is 1. The largest absolute Gasteiger partial charge is 0.380 e. The van der Waals surface area contributed by atoms with Crippen molar-refractivity contribution in [1.82, 2.24) is 14.5 Å². The molecule has 0 radical (unpaired) electrons. The minimum absolute atomic E-state index is 0.262. The number of aromatic nitrogens is 2. The molecule has 1 aromatic heterocycles. The molecule has 0 aliphatic carbocycles. The molecular formula is C16H23N3O3S. The maximum atomic E-state index is 12.3. The molecule has 2 rings (SSSR count). The van der Waals surface area contributed by atoms with Crippen LogP contribution in [0.1, 0.15) is 23.4 Å². The molecule has 0 aliphatic heterocycles. The highest BCUT2D eigenvalue weighted by molar-refractivity contribution is 7.89. The number of rotatable bonds is 8. The van der Waals surface area contributed by atoms with Gasteiger partial charge in [-0.2, -0.15) is 5.10 Å². The summed E-state index contributed by atoms with van der Waals surface area (Å²) >= 11 is 0. The number of nitrogens with one attached hydrogen (secondary N) is 1. The summed E-state index contributed by atoms with van der Waals surface area (Å²) in [6.45, 7) is 5.38. The lowest BCUT2D eigenvalue weighted by molar-refractivity contribution is 0.184. The van der Waals surface area contributed by atoms with Crippen molar-refractivity contribution in [1.29, 1.82) is 0 Å². The fraction of sp³-hybridized carbons (Fsp3) is 0.438. The standard InChI is InChI=1S/C16H23N3O3S/c1-13-10-14(2)19(18-13)9-5-8-17-23(20,21)16-7-4-6-15(11-16)12-22-3/h4,6-7,10-11,17H,5,8-9,12H2,1-3H3. The summed E-state index contributed by atoms with van der Waals surface area (Å²) in [5, 5.41) is 4.36. The fourth-order valence-electron chi connectivity index (χ4n) is 2.39. The lowest BCUT2D eigenvalue weighted by atomic mass is 10.2. The van der Waals surface area contributed by atoms with Gasteiger partial charge in [0.1, 0.15) is 0 Å². The molecule has 0 saturated heterocycles. The molecule has 0 spiro atoms. The number of benzene rings is 1. The number of hydrogen-bond acceptors (Lipinski definition) is 4. The Morgan fingerprint density at radius 3 is 2.70 bits per heavy atom. The summed E-state index contributed by atoms with van der Waals surface area (Å²) in [6, 6.07) is 8.78. The first-order valence-electron chi connectivity index (χ1n) is 7.51. The molecule has 126 valence electrons. The molecule has 23 heavy (non-hydrogen) atoms. The zero-order chi connectivity index (χ0) is 16.9. The van der Waals surface area contributed by atoms with E-state index in [1.807, 2.05) is 30.7 Å². The Morgan fingerprint density at radius 1 is 1.26 bits per heavy atom. The molecule has 6 nitrogen and oxygen atoms in total. The Balaban J connectivity index is 1.91. The number of sulfonamides is 1. The minimum atomic E-state index is -3.50. The Morgan fingerprint density at radius 2 is 2.04 bits per heavy atom. The lowest BCUT2D eigenvalue weighted by Crippen LogP contribution is -2.26. The van der Waals surface area contributed by atoms with Crippen molar-refractivity contribution in [2.75, 3.05) is 13.7 Å². The van der Waals surface area contributed by atoms with Crippen molar-refractivity contribution in [3.63, 3.8) is 0 Å². The van der Waals surface area contributed by atoms with E-state index in [-0.39, 0.29) is 4.90 Å². The minimum Gasteiger partial charge on any atom is -0.380 e. The molecule has 0 saturated carbocycles. The Labute approximate surface area is 137 Å². The van der Waals surface area contributed by atoms with Gasteiger partial charge in [0, 0.05) is 25.9 Å². The molecule has 7 heteroatoms. The van der Waals surface area contributed by atoms with Gasteiger partial charge in [0.25, 0.3) is 0 Å². The summed E-state index contributed by atoms with van der Waals surface area (Å²) in [5.74, 6) is 0. The summed E-state index contributed by atoms with van der Waals surface area (Å²) in [4.78, 5) is 0.262. The predicted octanol–water partition coefficient (Wildman–Crippen LogP) is 2.01. The average molecular weight is 337 g/mol. The molecule has 0 fully saturated rings. The summed E-state index contributed by atoms with van der Waals surface area (Å²) in [5.41, 5.74) is 2.88. The first-order chi connectivity index (χ1) is 10.9. The van der Waals surface area contributed by atoms with Crippen LogP contribution in [0.4, 0.5) is 0 Å². The lowest BCUT2D eigenvalue weighted by Gasteiger charge is -2.09. The van der Waals surface area contributed by atoms with Crippen molar-refractivity contribution in [2.45, 2.75) is 38.3 Å². The molecule has 0 bridgehead atoms. The van der Waals surface area contributed by atoms with E-state index in [0.717, 1.165) is 17.0 Å². The molecule has 0 unspecified atom stereocenters. The van der Waals surface area contributed by atoms with Gasteiger partial charge in [-0.05, 0) is 44.0 Å². The SMILES string of the molecule is COCc1cccc(S(=O)(=O)NCCCn2nc(C)cc2C)c1. The van der Waals surface area contributed by atoms with Gasteiger partial charge in [0.05, 0.1) is 17.2 Å². The first kappa shape index (κ1) is 17.7. The van der Waals surface area contributed by atoms with Crippen LogP contribution in [0.5, 0.6) is 0 Å². The number of hydrogen-bond donors (Lipinski definition) is 1. The second-order valence-electron chi connectivity index (χ2n) is 5.48. The van der Waals surface area contributed by atoms with Crippen LogP contribution >= 0.6 is 0 Å². The molecule has 1 aromatic carbocycles. The Bertz CT molecular complexity index is 754. The highest BCUT2D eigenvalue weighted by atomic mass is 32.2. The van der Waals surface area contributed by atoms with Crippen molar-refractivity contribution in [2.24, 2.45) is 0 Å². The van der Waals surface area contributed by atoms with Gasteiger partial charge < -0.3 is 4.74 Å². The van der Waals surface area contributed by atoms with E-state index < -0.39 is 10.0 Å². The number of aryl methyl sites for hydroxylation is 3. The van der Waals surface area contributed by atoms with E-state index in [2.05, 4.69) is 9.82 Å². The third-order valence-corrected chi connectivity index (χ3v) is 4.92. The van der Waals surface area contributed by atoms with Crippen LogP contribution in [0.25, 0.3) is 0 Å². The Hall–Kier alpha value is -1.70. The zero-order valence-corrected chi connectivity index (χ0v) is 14.6. The van der Waals surface area contributed by atoms with E-state index in [1.54, 1.807) is 25.3 Å². The molecule has 2 aromatic rings. The molecule has 0 aliphatic rings. The second kappa shape index (κ2) is 7.72. The molecule has 0 amide bonds. The van der Waals surface area contributed by atoms with Crippen molar-refractivity contribution in [3.8, 4) is 0 Å². The predicted molar refractivity (Wildman–Crippen MR) is 88.7 cm³/mol. The molecule has 1 N–H and O–H groups in total. The normalized spacial score (nSPS) is 11.8. The Kier molecular flexibility index (Phi) is 5.92. The summed E-state index contributed by atoms with van der Waals surface area (Å²) in [6.07, 6.45) is 0.680. The fourth-order valence-corrected chi connectivity index (χ4v) is 3.53. The van der Waals surface area contributed by atoms with Crippen LogP contribution in [-0.2, 0) is 27.9 Å². The topological polar surface area (TPSA) is 73.2 Å². The van der Waals surface area contributed by atoms with Gasteiger partial charge in [-0.25, -0.2) is 13.1 Å². The number of methoxy groups -OCH3 is 1. The average Bonchev–Trinajstić information content (AvgIpc) is 2.82. The van der Waals surface area contributed by atoms with Crippen LogP contribution < -0.4 is 4.72 Å². The smallest absolute Gasteiger partial charge is 0.240 e. The summed E-state index contributed by atoms with van der Waals surface area (Å²) < 4.78 is 34.1. The third kappa shape index (κ3) is 4.89. The van der Waals surface area contributed by atoms with E-state index >= 15 is 0 Å². The van der Waals surface area contributed by atoms with Crippen LogP contribution in [0.2, 0.25) is 0 Å². The van der Waals surface area contributed by atoms with Crippen LogP contribution in [0.15, 0.2) is 35.2 Å². The van der Waals surface area contributed by atoms with Gasteiger partial charge in [-0.1, -0.05) is 12.1 Å². The van der Waals surface area contributed by atoms with E-state index in [9.17, 15) is 8.42 Å². The van der Waals surface area contributed by atoms with E-state index in [0.29, 0.717) is 26.1 Å². The monoisotopic (exact) mass is 337 g/mol. The quantitative estimate of drug-likeness (QED) is 0.748. The van der Waals surface area contributed by atoms with Crippen molar-refractivity contribution < 1.29 is 13.2 Å². The molecular weight excluding hydrogens is 314 g/mol. The van der Waals surface area contributed by atoms with Crippen molar-refractivity contribution >= 4 is 10.0 Å². The van der Waals surface area contributed by atoms with Crippen LogP contribution in [0.3, 0.4) is 0 Å². The first-order valence-corrected chi connectivity index (χ1v) is 8.99.